The summed E-state index contributed by atoms with van der Waals surface area (Å²) in [7, 11) is 1.41. The van der Waals surface area contributed by atoms with Crippen LogP contribution < -0.4 is 10.2 Å². The number of rotatable bonds is 5. The number of halogens is 1. The summed E-state index contributed by atoms with van der Waals surface area (Å²) in [6.45, 7) is 11.3. The number of ether oxygens (including phenoxy) is 1. The number of nitrogens with zero attached hydrogens (tertiary/aromatic N) is 5. The van der Waals surface area contributed by atoms with E-state index < -0.39 is 0 Å². The fourth-order valence-electron chi connectivity index (χ4n) is 4.66. The van der Waals surface area contributed by atoms with Crippen LogP contribution in [0.2, 0.25) is 0 Å². The minimum atomic E-state index is -0.387. The third kappa shape index (κ3) is 5.08. The molecule has 8 nitrogen and oxygen atoms in total. The van der Waals surface area contributed by atoms with E-state index in [1.165, 1.54) is 13.2 Å². The van der Waals surface area contributed by atoms with Crippen molar-refractivity contribution < 1.29 is 13.9 Å². The van der Waals surface area contributed by atoms with Crippen molar-refractivity contribution in [1.29, 1.82) is 0 Å². The van der Waals surface area contributed by atoms with Crippen LogP contribution in [0.1, 0.15) is 38.6 Å². The molecule has 0 aliphatic carbocycles. The van der Waals surface area contributed by atoms with Crippen LogP contribution in [-0.4, -0.2) is 57.3 Å². The maximum Gasteiger partial charge on any atom is 0.410 e. The van der Waals surface area contributed by atoms with E-state index in [9.17, 15) is 9.18 Å². The molecule has 1 aliphatic heterocycles. The van der Waals surface area contributed by atoms with E-state index in [0.29, 0.717) is 36.4 Å². The number of amides is 1. The van der Waals surface area contributed by atoms with Gasteiger partial charge in [-0.15, -0.1) is 0 Å². The summed E-state index contributed by atoms with van der Waals surface area (Å²) in [4.78, 5) is 26.1. The third-order valence-electron chi connectivity index (χ3n) is 6.26. The first-order valence-corrected chi connectivity index (χ1v) is 11.8. The molecule has 0 radical (unpaired) electrons. The van der Waals surface area contributed by atoms with Crippen LogP contribution in [0.15, 0.2) is 42.5 Å². The molecule has 4 rings (SSSR count). The smallest absolute Gasteiger partial charge is 0.410 e. The van der Waals surface area contributed by atoms with Crippen molar-refractivity contribution in [3.63, 3.8) is 0 Å². The molecule has 1 saturated heterocycles. The lowest BCUT2D eigenvalue weighted by Gasteiger charge is -2.39. The molecule has 0 unspecified atom stereocenters. The number of hydrogen-bond acceptors (Lipinski definition) is 6. The minimum absolute atomic E-state index is 0.0288. The van der Waals surface area contributed by atoms with Crippen molar-refractivity contribution in [3.8, 4) is 5.95 Å². The van der Waals surface area contributed by atoms with Crippen LogP contribution >= 0.6 is 0 Å². The molecule has 0 saturated carbocycles. The summed E-state index contributed by atoms with van der Waals surface area (Å²) in [5, 5.41) is 3.11. The average Bonchev–Trinajstić information content (AvgIpc) is 3.40. The number of methoxy groups -OCH3 is 1. The first-order chi connectivity index (χ1) is 16.6. The van der Waals surface area contributed by atoms with Gasteiger partial charge in [0.05, 0.1) is 18.8 Å². The number of carbonyl (C=O) groups excluding carboxylic acids is 1. The Morgan fingerprint density at radius 2 is 1.83 bits per heavy atom. The van der Waals surface area contributed by atoms with Gasteiger partial charge in [-0.3, -0.25) is 9.47 Å². The van der Waals surface area contributed by atoms with Crippen molar-refractivity contribution >= 4 is 23.4 Å². The number of hydrogen-bond donors (Lipinski definition) is 1. The van der Waals surface area contributed by atoms with E-state index in [-0.39, 0.29) is 23.5 Å². The molecule has 186 valence electrons. The van der Waals surface area contributed by atoms with E-state index in [1.807, 2.05) is 57.4 Å². The lowest BCUT2D eigenvalue weighted by molar-refractivity contribution is 0.0621. The molecular formula is C26H33FN6O2. The number of benzene rings is 1. The second-order valence-electron chi connectivity index (χ2n) is 9.87. The second kappa shape index (κ2) is 9.56. The van der Waals surface area contributed by atoms with Gasteiger partial charge >= 0.3 is 6.09 Å². The number of aromatic nitrogens is 3. The van der Waals surface area contributed by atoms with Gasteiger partial charge in [-0.25, -0.2) is 9.18 Å². The van der Waals surface area contributed by atoms with Crippen molar-refractivity contribution in [2.24, 2.45) is 0 Å². The predicted molar refractivity (Wildman–Crippen MR) is 135 cm³/mol. The van der Waals surface area contributed by atoms with Crippen LogP contribution in [0.25, 0.3) is 5.95 Å². The van der Waals surface area contributed by atoms with Gasteiger partial charge in [0.2, 0.25) is 5.95 Å². The lowest BCUT2D eigenvalue weighted by Crippen LogP contribution is -2.52. The Morgan fingerprint density at radius 1 is 1.14 bits per heavy atom. The fourth-order valence-corrected chi connectivity index (χ4v) is 4.66. The molecule has 1 aliphatic rings. The monoisotopic (exact) mass is 480 g/mol. The van der Waals surface area contributed by atoms with Crippen LogP contribution in [-0.2, 0) is 4.74 Å². The Morgan fingerprint density at radius 3 is 2.46 bits per heavy atom. The topological polar surface area (TPSA) is 75.5 Å². The molecule has 1 fully saturated rings. The van der Waals surface area contributed by atoms with Gasteiger partial charge < -0.3 is 15.0 Å². The summed E-state index contributed by atoms with van der Waals surface area (Å²) < 4.78 is 21.4. The Balaban J connectivity index is 1.71. The first kappa shape index (κ1) is 24.5. The van der Waals surface area contributed by atoms with E-state index >= 15 is 0 Å². The molecule has 1 N–H and O–H groups in total. The zero-order chi connectivity index (χ0) is 25.3. The van der Waals surface area contributed by atoms with E-state index in [4.69, 9.17) is 14.7 Å². The molecule has 0 spiro atoms. The van der Waals surface area contributed by atoms with Gasteiger partial charge in [0.25, 0.3) is 0 Å². The molecule has 3 heterocycles. The number of aryl methyl sites for hydroxylation is 2. The highest BCUT2D eigenvalue weighted by Gasteiger charge is 2.38. The Hall–Kier alpha value is -3.62. The summed E-state index contributed by atoms with van der Waals surface area (Å²) in [5.74, 6) is 1.35. The molecule has 0 bridgehead atoms. The number of carbonyl (C=O) groups is 1. The SMILES string of the molecule is COC(=O)N([C@@H]1CCN(c2cc(Nc3ccccc3F)nc(-n3c(C)ccc3C)n2)C1)C(C)(C)C. The van der Waals surface area contributed by atoms with Crippen molar-refractivity contribution in [2.75, 3.05) is 30.4 Å². The molecule has 1 amide bonds. The molecule has 3 aromatic rings. The number of nitrogens with one attached hydrogen (secondary N) is 1. The van der Waals surface area contributed by atoms with Gasteiger partial charge in [0.15, 0.2) is 0 Å². The molecule has 2 aromatic heterocycles. The van der Waals surface area contributed by atoms with Crippen LogP contribution in [0, 0.1) is 19.7 Å². The highest BCUT2D eigenvalue weighted by molar-refractivity contribution is 5.69. The predicted octanol–water partition coefficient (Wildman–Crippen LogP) is 5.21. The Labute approximate surface area is 205 Å². The Bertz CT molecular complexity index is 1200. The summed E-state index contributed by atoms with van der Waals surface area (Å²) in [6, 6.07) is 12.3. The second-order valence-corrected chi connectivity index (χ2v) is 9.87. The van der Waals surface area contributed by atoms with E-state index in [0.717, 1.165) is 17.8 Å². The van der Waals surface area contributed by atoms with E-state index in [1.54, 1.807) is 23.1 Å². The highest BCUT2D eigenvalue weighted by atomic mass is 19.1. The maximum absolute atomic E-state index is 14.4. The largest absolute Gasteiger partial charge is 0.453 e. The molecule has 9 heteroatoms. The summed E-state index contributed by atoms with van der Waals surface area (Å²) in [6.07, 6.45) is 0.442. The van der Waals surface area contributed by atoms with E-state index in [2.05, 4.69) is 10.2 Å². The van der Waals surface area contributed by atoms with Gasteiger partial charge in [0, 0.05) is 36.1 Å². The molecule has 1 aromatic carbocycles. The van der Waals surface area contributed by atoms with Crippen LogP contribution in [0.3, 0.4) is 0 Å². The normalized spacial score (nSPS) is 15.9. The summed E-state index contributed by atoms with van der Waals surface area (Å²) >= 11 is 0. The molecule has 35 heavy (non-hydrogen) atoms. The lowest BCUT2D eigenvalue weighted by atomic mass is 10.0. The van der Waals surface area contributed by atoms with Crippen molar-refractivity contribution in [2.45, 2.75) is 52.6 Å². The molecular weight excluding hydrogens is 447 g/mol. The average molecular weight is 481 g/mol. The van der Waals surface area contributed by atoms with Gasteiger partial charge in [0.1, 0.15) is 17.5 Å². The van der Waals surface area contributed by atoms with Gasteiger partial charge in [-0.05, 0) is 65.3 Å². The zero-order valence-electron chi connectivity index (χ0n) is 21.2. The highest BCUT2D eigenvalue weighted by Crippen LogP contribution is 2.30. The van der Waals surface area contributed by atoms with Crippen LogP contribution in [0.5, 0.6) is 0 Å². The maximum atomic E-state index is 14.4. The zero-order valence-corrected chi connectivity index (χ0v) is 21.2. The first-order valence-electron chi connectivity index (χ1n) is 11.8. The summed E-state index contributed by atoms with van der Waals surface area (Å²) in [5.41, 5.74) is 1.95. The van der Waals surface area contributed by atoms with Crippen molar-refractivity contribution in [3.05, 3.63) is 59.7 Å². The van der Waals surface area contributed by atoms with Gasteiger partial charge in [-0.2, -0.15) is 9.97 Å². The van der Waals surface area contributed by atoms with Crippen LogP contribution in [0.4, 0.5) is 26.5 Å². The minimum Gasteiger partial charge on any atom is -0.453 e. The fraction of sp³-hybridized carbons (Fsp3) is 0.423. The Kier molecular flexibility index (Phi) is 6.69. The number of para-hydroxylation sites is 1. The third-order valence-corrected chi connectivity index (χ3v) is 6.26. The van der Waals surface area contributed by atoms with Gasteiger partial charge in [-0.1, -0.05) is 12.1 Å². The molecule has 1 atom stereocenters. The standard InChI is InChI=1S/C26H33FN6O2/c1-17-11-12-18(2)32(17)24-29-22(28-21-10-8-7-9-20(21)27)15-23(30-24)31-14-13-19(16-31)33(25(34)35-6)26(3,4)5/h7-12,15,19H,13-14,16H2,1-6H3,(H,28,29,30)/t19-/m1/s1. The quantitative estimate of drug-likeness (QED) is 0.540. The van der Waals surface area contributed by atoms with Crippen molar-refractivity contribution in [1.82, 2.24) is 19.4 Å². The number of anilines is 3.